The summed E-state index contributed by atoms with van der Waals surface area (Å²) in [5.41, 5.74) is 0. The Kier molecular flexibility index (Phi) is 1.76. The van der Waals surface area contributed by atoms with Gasteiger partial charge in [0.25, 0.3) is 0 Å². The molecular weight excluding hydrogens is 161 g/mol. The summed E-state index contributed by atoms with van der Waals surface area (Å²) in [4.78, 5) is 3.27. The molecule has 0 aliphatic carbocycles. The highest BCUT2D eigenvalue weighted by molar-refractivity contribution is 4.95. The van der Waals surface area contributed by atoms with E-state index >= 15 is 0 Å². The molecule has 0 saturated heterocycles. The number of aryl methyl sites for hydroxylation is 1. The van der Waals surface area contributed by atoms with Crippen LogP contribution in [0.3, 0.4) is 0 Å². The summed E-state index contributed by atoms with van der Waals surface area (Å²) in [6.45, 7) is 0. The smallest absolute Gasteiger partial charge is 0.372 e. The number of ether oxygens (including phenoxy) is 1. The van der Waals surface area contributed by atoms with Crippen LogP contribution in [0.5, 0.6) is 6.01 Å². The highest BCUT2D eigenvalue weighted by Gasteiger charge is 2.32. The first kappa shape index (κ1) is 7.90. The van der Waals surface area contributed by atoms with Gasteiger partial charge in [0, 0.05) is 7.05 Å². The number of halogens is 3. The van der Waals surface area contributed by atoms with Gasteiger partial charge in [-0.25, -0.2) is 4.98 Å². The molecule has 1 radical (unpaired) electrons. The van der Waals surface area contributed by atoms with Gasteiger partial charge in [-0.1, -0.05) is 0 Å². The minimum Gasteiger partial charge on any atom is -0.372 e. The molecule has 0 bridgehead atoms. The van der Waals surface area contributed by atoms with Crippen molar-refractivity contribution < 1.29 is 17.9 Å². The van der Waals surface area contributed by atoms with Crippen LogP contribution in [0, 0.1) is 6.20 Å². The Morgan fingerprint density at radius 3 is 2.64 bits per heavy atom. The van der Waals surface area contributed by atoms with Gasteiger partial charge in [0.05, 0.1) is 12.4 Å². The Labute approximate surface area is 60.4 Å². The Balaban J connectivity index is 2.72. The lowest BCUT2D eigenvalue weighted by Crippen LogP contribution is -2.19. The highest BCUT2D eigenvalue weighted by Crippen LogP contribution is 2.19. The summed E-state index contributed by atoms with van der Waals surface area (Å²) in [6.07, 6.45) is -1.22. The molecule has 0 aromatic carbocycles. The van der Waals surface area contributed by atoms with E-state index in [1.54, 1.807) is 0 Å². The minimum absolute atomic E-state index is 0.516. The maximum atomic E-state index is 11.5. The predicted octanol–water partition coefficient (Wildman–Crippen LogP) is 1.12. The third-order valence-electron chi connectivity index (χ3n) is 0.920. The quantitative estimate of drug-likeness (QED) is 0.623. The lowest BCUT2D eigenvalue weighted by atomic mass is 10.9. The third-order valence-corrected chi connectivity index (χ3v) is 0.920. The van der Waals surface area contributed by atoms with E-state index < -0.39 is 12.4 Å². The number of aromatic nitrogens is 2. The van der Waals surface area contributed by atoms with E-state index in [1.165, 1.54) is 7.05 Å². The first-order valence-electron chi connectivity index (χ1n) is 2.64. The van der Waals surface area contributed by atoms with Crippen molar-refractivity contribution in [3.8, 4) is 6.01 Å². The molecule has 0 aliphatic rings. The van der Waals surface area contributed by atoms with Crippen LogP contribution in [-0.2, 0) is 7.05 Å². The molecule has 0 amide bonds. The number of hydrogen-bond acceptors (Lipinski definition) is 2. The third kappa shape index (κ3) is 2.14. The van der Waals surface area contributed by atoms with Crippen molar-refractivity contribution >= 4 is 0 Å². The van der Waals surface area contributed by atoms with Crippen LogP contribution in [0.2, 0.25) is 0 Å². The number of hydrogen-bond donors (Lipinski definition) is 0. The maximum Gasteiger partial charge on any atom is 0.575 e. The van der Waals surface area contributed by atoms with E-state index in [0.29, 0.717) is 0 Å². The topological polar surface area (TPSA) is 27.1 Å². The molecule has 0 unspecified atom stereocenters. The molecular formula is C5H4F3N2O. The Morgan fingerprint density at radius 2 is 2.27 bits per heavy atom. The average molecular weight is 165 g/mol. The summed E-state index contributed by atoms with van der Waals surface area (Å²) in [5, 5.41) is 0. The van der Waals surface area contributed by atoms with Crippen LogP contribution in [-0.4, -0.2) is 15.9 Å². The number of rotatable bonds is 1. The molecule has 61 valence electrons. The molecule has 1 heterocycles. The van der Waals surface area contributed by atoms with Crippen LogP contribution in [0.15, 0.2) is 6.20 Å². The normalized spacial score (nSPS) is 11.6. The lowest BCUT2D eigenvalue weighted by Gasteiger charge is -2.06. The van der Waals surface area contributed by atoms with Crippen molar-refractivity contribution in [1.29, 1.82) is 0 Å². The molecule has 11 heavy (non-hydrogen) atoms. The standard InChI is InChI=1S/C5H4F3N2O/c1-10-3-2-9-4(10)11-5(6,7)8/h2H,1H3. The summed E-state index contributed by atoms with van der Waals surface area (Å²) in [7, 11) is 1.36. The molecule has 1 aromatic heterocycles. The fraction of sp³-hybridized carbons (Fsp3) is 0.400. The number of imidazole rings is 1. The average Bonchev–Trinajstić information content (AvgIpc) is 2.12. The molecule has 0 N–H and O–H groups in total. The number of alkyl halides is 3. The summed E-state index contributed by atoms with van der Waals surface area (Å²) in [6, 6.07) is -0.516. The van der Waals surface area contributed by atoms with Gasteiger partial charge in [-0.2, -0.15) is 0 Å². The fourth-order valence-electron chi connectivity index (χ4n) is 0.511. The first-order chi connectivity index (χ1) is 4.99. The van der Waals surface area contributed by atoms with Crippen LogP contribution >= 0.6 is 0 Å². The monoisotopic (exact) mass is 165 g/mol. The second-order valence-corrected chi connectivity index (χ2v) is 1.78. The Morgan fingerprint density at radius 1 is 1.64 bits per heavy atom. The van der Waals surface area contributed by atoms with Crippen LogP contribution in [0.1, 0.15) is 0 Å². The lowest BCUT2D eigenvalue weighted by molar-refractivity contribution is -0.278. The zero-order valence-electron chi connectivity index (χ0n) is 5.51. The van der Waals surface area contributed by atoms with E-state index in [1.807, 2.05) is 0 Å². The van der Waals surface area contributed by atoms with Crippen LogP contribution in [0.4, 0.5) is 13.2 Å². The largest absolute Gasteiger partial charge is 0.575 e. The molecule has 0 aliphatic heterocycles. The van der Waals surface area contributed by atoms with E-state index in [0.717, 1.165) is 10.8 Å². The van der Waals surface area contributed by atoms with Gasteiger partial charge >= 0.3 is 12.4 Å². The number of nitrogens with zero attached hydrogens (tertiary/aromatic N) is 2. The van der Waals surface area contributed by atoms with Gasteiger partial charge in [-0.15, -0.1) is 13.2 Å². The molecule has 0 saturated carbocycles. The van der Waals surface area contributed by atoms with Gasteiger partial charge < -0.3 is 4.74 Å². The second kappa shape index (κ2) is 2.44. The predicted molar refractivity (Wildman–Crippen MR) is 28.7 cm³/mol. The summed E-state index contributed by atoms with van der Waals surface area (Å²) in [5.74, 6) is 0. The summed E-state index contributed by atoms with van der Waals surface area (Å²) < 4.78 is 39.0. The molecule has 0 spiro atoms. The van der Waals surface area contributed by atoms with Crippen LogP contribution in [0.25, 0.3) is 0 Å². The molecule has 1 rings (SSSR count). The van der Waals surface area contributed by atoms with Crippen molar-refractivity contribution in [3.05, 3.63) is 12.4 Å². The van der Waals surface area contributed by atoms with E-state index in [4.69, 9.17) is 0 Å². The molecule has 3 nitrogen and oxygen atoms in total. The van der Waals surface area contributed by atoms with Gasteiger partial charge in [-0.3, -0.25) is 4.57 Å². The Hall–Kier alpha value is -1.20. The zero-order chi connectivity index (χ0) is 8.48. The van der Waals surface area contributed by atoms with E-state index in [9.17, 15) is 13.2 Å². The van der Waals surface area contributed by atoms with E-state index in [-0.39, 0.29) is 0 Å². The molecule has 6 heteroatoms. The summed E-state index contributed by atoms with van der Waals surface area (Å²) >= 11 is 0. The first-order valence-corrected chi connectivity index (χ1v) is 2.64. The van der Waals surface area contributed by atoms with Crippen molar-refractivity contribution in [2.45, 2.75) is 6.36 Å². The van der Waals surface area contributed by atoms with Crippen molar-refractivity contribution in [2.24, 2.45) is 7.05 Å². The van der Waals surface area contributed by atoms with Crippen molar-refractivity contribution in [1.82, 2.24) is 9.55 Å². The van der Waals surface area contributed by atoms with Crippen LogP contribution < -0.4 is 4.74 Å². The van der Waals surface area contributed by atoms with Crippen molar-refractivity contribution in [3.63, 3.8) is 0 Å². The van der Waals surface area contributed by atoms with E-state index in [2.05, 4.69) is 15.9 Å². The minimum atomic E-state index is -4.69. The highest BCUT2D eigenvalue weighted by atomic mass is 19.4. The second-order valence-electron chi connectivity index (χ2n) is 1.78. The van der Waals surface area contributed by atoms with Gasteiger partial charge in [-0.05, 0) is 0 Å². The van der Waals surface area contributed by atoms with Gasteiger partial charge in [0.15, 0.2) is 0 Å². The SMILES string of the molecule is Cn1[c]cnc1OC(F)(F)F. The fourth-order valence-corrected chi connectivity index (χ4v) is 0.511. The zero-order valence-corrected chi connectivity index (χ0v) is 5.51. The molecule has 1 aromatic rings. The van der Waals surface area contributed by atoms with Crippen molar-refractivity contribution in [2.75, 3.05) is 0 Å². The maximum absolute atomic E-state index is 11.5. The molecule has 0 fully saturated rings. The Bertz CT molecular complexity index is 242. The van der Waals surface area contributed by atoms with Gasteiger partial charge in [0.2, 0.25) is 0 Å². The van der Waals surface area contributed by atoms with Gasteiger partial charge in [0.1, 0.15) is 0 Å². The molecule has 0 atom stereocenters.